The molecule has 0 radical (unpaired) electrons. The SMILES string of the molecule is CNc1cc(Cl)cnc1OC1CCC1. The monoisotopic (exact) mass is 212 g/mol. The van der Waals surface area contributed by atoms with Gasteiger partial charge in [0.1, 0.15) is 6.10 Å². The quantitative estimate of drug-likeness (QED) is 0.837. The summed E-state index contributed by atoms with van der Waals surface area (Å²) in [5.41, 5.74) is 0.851. The molecule has 1 heterocycles. The van der Waals surface area contributed by atoms with Crippen LogP contribution in [0.2, 0.25) is 5.02 Å². The van der Waals surface area contributed by atoms with E-state index in [9.17, 15) is 0 Å². The first-order valence-corrected chi connectivity index (χ1v) is 5.17. The van der Waals surface area contributed by atoms with Crippen LogP contribution in [0.1, 0.15) is 19.3 Å². The molecule has 76 valence electrons. The van der Waals surface area contributed by atoms with E-state index in [2.05, 4.69) is 10.3 Å². The molecular formula is C10H13ClN2O. The largest absolute Gasteiger partial charge is 0.473 e. The average Bonchev–Trinajstić information content (AvgIpc) is 2.13. The summed E-state index contributed by atoms with van der Waals surface area (Å²) in [7, 11) is 1.83. The number of hydrogen-bond donors (Lipinski definition) is 1. The molecule has 1 aliphatic carbocycles. The van der Waals surface area contributed by atoms with Crippen LogP contribution in [0.25, 0.3) is 0 Å². The van der Waals surface area contributed by atoms with Crippen LogP contribution in [0.4, 0.5) is 5.69 Å². The molecule has 0 amide bonds. The highest BCUT2D eigenvalue weighted by molar-refractivity contribution is 6.30. The van der Waals surface area contributed by atoms with E-state index in [0.717, 1.165) is 18.5 Å². The van der Waals surface area contributed by atoms with Crippen LogP contribution in [0.15, 0.2) is 12.3 Å². The molecule has 1 aromatic rings. The van der Waals surface area contributed by atoms with Gasteiger partial charge >= 0.3 is 0 Å². The minimum Gasteiger partial charge on any atom is -0.473 e. The van der Waals surface area contributed by atoms with Crippen molar-refractivity contribution in [1.82, 2.24) is 4.98 Å². The zero-order chi connectivity index (χ0) is 9.97. The Morgan fingerprint density at radius 2 is 2.36 bits per heavy atom. The Morgan fingerprint density at radius 3 is 2.93 bits per heavy atom. The first-order valence-electron chi connectivity index (χ1n) is 4.79. The Balaban J connectivity index is 2.14. The lowest BCUT2D eigenvalue weighted by Gasteiger charge is -2.26. The third-order valence-electron chi connectivity index (χ3n) is 2.42. The summed E-state index contributed by atoms with van der Waals surface area (Å²) in [5, 5.41) is 3.64. The van der Waals surface area contributed by atoms with Crippen molar-refractivity contribution in [3.05, 3.63) is 17.3 Å². The van der Waals surface area contributed by atoms with Crippen molar-refractivity contribution in [2.24, 2.45) is 0 Å². The lowest BCUT2D eigenvalue weighted by Crippen LogP contribution is -2.25. The maximum Gasteiger partial charge on any atom is 0.237 e. The summed E-state index contributed by atoms with van der Waals surface area (Å²) in [6.45, 7) is 0. The molecule has 0 atom stereocenters. The van der Waals surface area contributed by atoms with Crippen LogP contribution in [-0.2, 0) is 0 Å². The van der Waals surface area contributed by atoms with Gasteiger partial charge in [-0.1, -0.05) is 11.6 Å². The first-order chi connectivity index (χ1) is 6.79. The second kappa shape index (κ2) is 4.05. The average molecular weight is 213 g/mol. The zero-order valence-corrected chi connectivity index (χ0v) is 8.84. The normalized spacial score (nSPS) is 16.1. The second-order valence-electron chi connectivity index (χ2n) is 3.43. The number of hydrogen-bond acceptors (Lipinski definition) is 3. The van der Waals surface area contributed by atoms with Crippen molar-refractivity contribution in [2.75, 3.05) is 12.4 Å². The lowest BCUT2D eigenvalue weighted by atomic mass is 9.96. The molecule has 0 bridgehead atoms. The number of aromatic nitrogens is 1. The summed E-state index contributed by atoms with van der Waals surface area (Å²) in [5.74, 6) is 0.654. The van der Waals surface area contributed by atoms with Crippen molar-refractivity contribution in [3.63, 3.8) is 0 Å². The highest BCUT2D eigenvalue weighted by Gasteiger charge is 2.20. The molecule has 0 aromatic carbocycles. The van der Waals surface area contributed by atoms with E-state index in [0.29, 0.717) is 17.0 Å². The molecule has 0 aliphatic heterocycles. The van der Waals surface area contributed by atoms with Crippen LogP contribution in [0.3, 0.4) is 0 Å². The number of ether oxygens (including phenoxy) is 1. The maximum absolute atomic E-state index is 5.82. The zero-order valence-electron chi connectivity index (χ0n) is 8.09. The van der Waals surface area contributed by atoms with E-state index >= 15 is 0 Å². The number of halogens is 1. The van der Waals surface area contributed by atoms with Gasteiger partial charge in [0.25, 0.3) is 0 Å². The van der Waals surface area contributed by atoms with Gasteiger partial charge in [-0.05, 0) is 25.3 Å². The molecule has 2 rings (SSSR count). The van der Waals surface area contributed by atoms with Gasteiger partial charge in [0.2, 0.25) is 5.88 Å². The van der Waals surface area contributed by atoms with Crippen molar-refractivity contribution in [3.8, 4) is 5.88 Å². The Labute approximate surface area is 88.4 Å². The van der Waals surface area contributed by atoms with E-state index in [-0.39, 0.29) is 0 Å². The topological polar surface area (TPSA) is 34.2 Å². The Morgan fingerprint density at radius 1 is 1.57 bits per heavy atom. The predicted molar refractivity (Wildman–Crippen MR) is 57.1 cm³/mol. The standard InChI is InChI=1S/C10H13ClN2O/c1-12-9-5-7(11)6-13-10(9)14-8-3-2-4-8/h5-6,8,12H,2-4H2,1H3. The first kappa shape index (κ1) is 9.59. The van der Waals surface area contributed by atoms with Gasteiger partial charge in [-0.2, -0.15) is 0 Å². The number of anilines is 1. The molecule has 14 heavy (non-hydrogen) atoms. The molecule has 0 spiro atoms. The van der Waals surface area contributed by atoms with Crippen molar-refractivity contribution in [2.45, 2.75) is 25.4 Å². The third kappa shape index (κ3) is 1.93. The molecule has 1 aromatic heterocycles. The van der Waals surface area contributed by atoms with Crippen LogP contribution < -0.4 is 10.1 Å². The van der Waals surface area contributed by atoms with Gasteiger partial charge in [0.15, 0.2) is 0 Å². The molecule has 1 saturated carbocycles. The van der Waals surface area contributed by atoms with Crippen LogP contribution in [0, 0.1) is 0 Å². The smallest absolute Gasteiger partial charge is 0.237 e. The third-order valence-corrected chi connectivity index (χ3v) is 2.62. The molecule has 3 nitrogen and oxygen atoms in total. The summed E-state index contributed by atoms with van der Waals surface area (Å²) < 4.78 is 5.70. The van der Waals surface area contributed by atoms with Gasteiger partial charge in [0, 0.05) is 13.2 Å². The fraction of sp³-hybridized carbons (Fsp3) is 0.500. The Bertz CT molecular complexity index is 326. The van der Waals surface area contributed by atoms with E-state index < -0.39 is 0 Å². The summed E-state index contributed by atoms with van der Waals surface area (Å²) in [4.78, 5) is 4.15. The Kier molecular flexibility index (Phi) is 2.77. The highest BCUT2D eigenvalue weighted by Crippen LogP contribution is 2.30. The number of pyridine rings is 1. The van der Waals surface area contributed by atoms with Crippen molar-refractivity contribution >= 4 is 17.3 Å². The second-order valence-corrected chi connectivity index (χ2v) is 3.86. The van der Waals surface area contributed by atoms with E-state index in [4.69, 9.17) is 16.3 Å². The summed E-state index contributed by atoms with van der Waals surface area (Å²) in [6, 6.07) is 1.82. The molecule has 1 aliphatic rings. The molecule has 1 fully saturated rings. The lowest BCUT2D eigenvalue weighted by molar-refractivity contribution is 0.115. The molecule has 0 saturated heterocycles. The maximum atomic E-state index is 5.82. The Hall–Kier alpha value is -0.960. The minimum atomic E-state index is 0.343. The minimum absolute atomic E-state index is 0.343. The molecule has 1 N–H and O–H groups in total. The van der Waals surface area contributed by atoms with Gasteiger partial charge in [0.05, 0.1) is 10.7 Å². The molecule has 4 heteroatoms. The van der Waals surface area contributed by atoms with Crippen molar-refractivity contribution < 1.29 is 4.74 Å². The van der Waals surface area contributed by atoms with E-state index in [1.807, 2.05) is 13.1 Å². The molecule has 0 unspecified atom stereocenters. The van der Waals surface area contributed by atoms with E-state index in [1.165, 1.54) is 6.42 Å². The van der Waals surface area contributed by atoms with Gasteiger partial charge in [-0.25, -0.2) is 4.98 Å². The summed E-state index contributed by atoms with van der Waals surface area (Å²) in [6.07, 6.45) is 5.47. The fourth-order valence-electron chi connectivity index (χ4n) is 1.35. The van der Waals surface area contributed by atoms with Crippen LogP contribution in [0.5, 0.6) is 5.88 Å². The van der Waals surface area contributed by atoms with Crippen LogP contribution >= 0.6 is 11.6 Å². The number of nitrogens with one attached hydrogen (secondary N) is 1. The highest BCUT2D eigenvalue weighted by atomic mass is 35.5. The van der Waals surface area contributed by atoms with Crippen LogP contribution in [-0.4, -0.2) is 18.1 Å². The van der Waals surface area contributed by atoms with Gasteiger partial charge in [-0.15, -0.1) is 0 Å². The number of rotatable bonds is 3. The molecular weight excluding hydrogens is 200 g/mol. The number of nitrogens with zero attached hydrogens (tertiary/aromatic N) is 1. The summed E-state index contributed by atoms with van der Waals surface area (Å²) >= 11 is 5.82. The van der Waals surface area contributed by atoms with Gasteiger partial charge < -0.3 is 10.1 Å². The fourth-order valence-corrected chi connectivity index (χ4v) is 1.50. The van der Waals surface area contributed by atoms with Gasteiger partial charge in [-0.3, -0.25) is 0 Å². The van der Waals surface area contributed by atoms with E-state index in [1.54, 1.807) is 6.20 Å². The predicted octanol–water partition coefficient (Wildman–Crippen LogP) is 2.71. The van der Waals surface area contributed by atoms with Crippen molar-refractivity contribution in [1.29, 1.82) is 0 Å².